The summed E-state index contributed by atoms with van der Waals surface area (Å²) in [5.41, 5.74) is 0.557. The second kappa shape index (κ2) is 4.74. The van der Waals surface area contributed by atoms with Gasteiger partial charge >= 0.3 is 5.97 Å². The van der Waals surface area contributed by atoms with E-state index in [0.29, 0.717) is 11.0 Å². The number of rotatable bonds is 4. The first-order valence-electron chi connectivity index (χ1n) is 6.76. The van der Waals surface area contributed by atoms with Crippen molar-refractivity contribution in [2.45, 2.75) is 26.2 Å². The molecule has 1 saturated carbocycles. The topological polar surface area (TPSA) is 63.7 Å². The van der Waals surface area contributed by atoms with Crippen LogP contribution < -0.4 is 0 Å². The van der Waals surface area contributed by atoms with Crippen LogP contribution in [0.2, 0.25) is 0 Å². The lowest BCUT2D eigenvalue weighted by Gasteiger charge is -2.14. The first-order chi connectivity index (χ1) is 9.58. The average molecular weight is 273 g/mol. The summed E-state index contributed by atoms with van der Waals surface area (Å²) in [6.45, 7) is 1.99. The zero-order valence-corrected chi connectivity index (χ0v) is 11.2. The highest BCUT2D eigenvalue weighted by Gasteiger charge is 2.39. The number of hydrogen-bond donors (Lipinski definition) is 0. The first kappa shape index (κ1) is 12.8. The van der Waals surface area contributed by atoms with Gasteiger partial charge in [-0.1, -0.05) is 24.1 Å². The fraction of sp³-hybridized carbons (Fsp3) is 0.400. The summed E-state index contributed by atoms with van der Waals surface area (Å²) in [5.74, 6) is -0.864. The fourth-order valence-corrected chi connectivity index (χ4v) is 2.48. The normalized spacial score (nSPS) is 18.9. The Kier molecular flexibility index (Phi) is 3.04. The molecular formula is C15H15NO4. The van der Waals surface area contributed by atoms with Gasteiger partial charge in [-0.25, -0.2) is 4.79 Å². The first-order valence-corrected chi connectivity index (χ1v) is 6.76. The van der Waals surface area contributed by atoms with Crippen molar-refractivity contribution in [3.8, 4) is 0 Å². The number of nitrogens with zero attached hydrogens (tertiary/aromatic N) is 1. The molecule has 1 aliphatic heterocycles. The molecule has 0 N–H and O–H groups in total. The monoisotopic (exact) mass is 273 g/mol. The molecule has 2 amide bonds. The lowest BCUT2D eigenvalue weighted by Crippen LogP contribution is -2.33. The minimum atomic E-state index is -0.571. The maximum absolute atomic E-state index is 12.0. The molecule has 0 spiro atoms. The molecule has 0 bridgehead atoms. The van der Waals surface area contributed by atoms with Crippen molar-refractivity contribution >= 4 is 17.8 Å². The standard InChI is InChI=1S/C15H15NO4/c1-9(10-6-7-10)8-13(17)20-16-14(18)11-4-2-3-5-12(11)15(16)19/h2-5,9-10H,6-8H2,1H3. The van der Waals surface area contributed by atoms with Gasteiger partial charge in [0, 0.05) is 0 Å². The fourth-order valence-electron chi connectivity index (χ4n) is 2.48. The highest BCUT2D eigenvalue weighted by molar-refractivity contribution is 6.20. The summed E-state index contributed by atoms with van der Waals surface area (Å²) < 4.78 is 0. The second-order valence-electron chi connectivity index (χ2n) is 5.43. The van der Waals surface area contributed by atoms with Gasteiger partial charge in [0.25, 0.3) is 11.8 Å². The second-order valence-corrected chi connectivity index (χ2v) is 5.43. The lowest BCUT2D eigenvalue weighted by molar-refractivity contribution is -0.169. The third-order valence-electron chi connectivity index (χ3n) is 3.87. The van der Waals surface area contributed by atoms with Gasteiger partial charge in [-0.05, 0) is 36.8 Å². The summed E-state index contributed by atoms with van der Waals surface area (Å²) in [6, 6.07) is 6.45. The molecule has 1 fully saturated rings. The number of benzene rings is 1. The van der Waals surface area contributed by atoms with Crippen molar-refractivity contribution in [2.75, 3.05) is 0 Å². The van der Waals surface area contributed by atoms with Gasteiger partial charge in [-0.15, -0.1) is 0 Å². The molecule has 0 saturated heterocycles. The van der Waals surface area contributed by atoms with E-state index in [1.165, 1.54) is 0 Å². The predicted octanol–water partition coefficient (Wildman–Crippen LogP) is 2.18. The Hall–Kier alpha value is -2.17. The number of amides is 2. The Balaban J connectivity index is 1.68. The molecular weight excluding hydrogens is 258 g/mol. The Morgan fingerprint density at radius 2 is 1.80 bits per heavy atom. The Labute approximate surface area is 116 Å². The SMILES string of the molecule is CC(CC(=O)ON1C(=O)c2ccccc2C1=O)C1CC1. The van der Waals surface area contributed by atoms with Gasteiger partial charge in [-0.2, -0.15) is 0 Å². The van der Waals surface area contributed by atoms with Gasteiger partial charge in [0.2, 0.25) is 0 Å². The minimum absolute atomic E-state index is 0.234. The van der Waals surface area contributed by atoms with Crippen LogP contribution in [-0.2, 0) is 9.63 Å². The maximum atomic E-state index is 12.0. The third kappa shape index (κ3) is 2.19. The Morgan fingerprint density at radius 3 is 2.30 bits per heavy atom. The molecule has 20 heavy (non-hydrogen) atoms. The lowest BCUT2D eigenvalue weighted by atomic mass is 10.0. The van der Waals surface area contributed by atoms with Crippen molar-refractivity contribution in [1.82, 2.24) is 5.06 Å². The molecule has 0 aromatic heterocycles. The molecule has 1 atom stereocenters. The van der Waals surface area contributed by atoms with Crippen LogP contribution >= 0.6 is 0 Å². The van der Waals surface area contributed by atoms with Crippen LogP contribution in [0.4, 0.5) is 0 Å². The Bertz CT molecular complexity index is 556. The third-order valence-corrected chi connectivity index (χ3v) is 3.87. The number of hydroxylamine groups is 2. The molecule has 5 nitrogen and oxygen atoms in total. The number of hydrogen-bond acceptors (Lipinski definition) is 4. The van der Waals surface area contributed by atoms with Crippen LogP contribution in [0.15, 0.2) is 24.3 Å². The van der Waals surface area contributed by atoms with E-state index in [-0.39, 0.29) is 23.5 Å². The van der Waals surface area contributed by atoms with Crippen LogP contribution in [-0.4, -0.2) is 22.8 Å². The summed E-state index contributed by atoms with van der Waals surface area (Å²) in [6.07, 6.45) is 2.51. The smallest absolute Gasteiger partial charge is 0.330 e. The summed E-state index contributed by atoms with van der Waals surface area (Å²) in [4.78, 5) is 40.8. The van der Waals surface area contributed by atoms with Gasteiger partial charge in [0.1, 0.15) is 0 Å². The minimum Gasteiger partial charge on any atom is -0.330 e. The Morgan fingerprint density at radius 1 is 1.25 bits per heavy atom. The van der Waals surface area contributed by atoms with Crippen LogP contribution in [0.1, 0.15) is 46.9 Å². The van der Waals surface area contributed by atoms with E-state index >= 15 is 0 Å². The van der Waals surface area contributed by atoms with E-state index in [2.05, 4.69) is 0 Å². The number of carbonyl (C=O) groups is 3. The predicted molar refractivity (Wildman–Crippen MR) is 69.5 cm³/mol. The van der Waals surface area contributed by atoms with Crippen LogP contribution in [0.25, 0.3) is 0 Å². The van der Waals surface area contributed by atoms with Crippen LogP contribution in [0.3, 0.4) is 0 Å². The van der Waals surface area contributed by atoms with Crippen molar-refractivity contribution in [3.05, 3.63) is 35.4 Å². The van der Waals surface area contributed by atoms with Crippen molar-refractivity contribution in [3.63, 3.8) is 0 Å². The van der Waals surface area contributed by atoms with Crippen molar-refractivity contribution in [1.29, 1.82) is 0 Å². The largest absolute Gasteiger partial charge is 0.333 e. The molecule has 2 aliphatic rings. The van der Waals surface area contributed by atoms with Crippen LogP contribution in [0, 0.1) is 11.8 Å². The number of imide groups is 1. The molecule has 1 aromatic carbocycles. The molecule has 0 radical (unpaired) electrons. The highest BCUT2D eigenvalue weighted by Crippen LogP contribution is 2.38. The van der Waals surface area contributed by atoms with Crippen molar-refractivity contribution < 1.29 is 19.2 Å². The van der Waals surface area contributed by atoms with Gasteiger partial charge < -0.3 is 4.84 Å². The van der Waals surface area contributed by atoms with Crippen molar-refractivity contribution in [2.24, 2.45) is 11.8 Å². The van der Waals surface area contributed by atoms with Crippen LogP contribution in [0.5, 0.6) is 0 Å². The zero-order valence-electron chi connectivity index (χ0n) is 11.2. The molecule has 104 valence electrons. The summed E-state index contributed by atoms with van der Waals surface area (Å²) >= 11 is 0. The molecule has 1 aliphatic carbocycles. The molecule has 1 unspecified atom stereocenters. The molecule has 1 aromatic rings. The number of fused-ring (bicyclic) bond motifs is 1. The van der Waals surface area contributed by atoms with E-state index in [4.69, 9.17) is 4.84 Å². The molecule has 1 heterocycles. The van der Waals surface area contributed by atoms with Gasteiger partial charge in [-0.3, -0.25) is 9.59 Å². The maximum Gasteiger partial charge on any atom is 0.333 e. The van der Waals surface area contributed by atoms with E-state index in [9.17, 15) is 14.4 Å². The molecule has 3 rings (SSSR count). The quantitative estimate of drug-likeness (QED) is 0.789. The number of carbonyl (C=O) groups excluding carboxylic acids is 3. The van der Waals surface area contributed by atoms with Gasteiger partial charge in [0.05, 0.1) is 17.5 Å². The highest BCUT2D eigenvalue weighted by atomic mass is 16.7. The van der Waals surface area contributed by atoms with E-state index in [1.807, 2.05) is 6.92 Å². The van der Waals surface area contributed by atoms with Gasteiger partial charge in [0.15, 0.2) is 0 Å². The van der Waals surface area contributed by atoms with E-state index in [0.717, 1.165) is 12.8 Å². The van der Waals surface area contributed by atoms with E-state index < -0.39 is 17.8 Å². The zero-order chi connectivity index (χ0) is 14.3. The van der Waals surface area contributed by atoms with E-state index in [1.54, 1.807) is 24.3 Å². The summed E-state index contributed by atoms with van der Waals surface area (Å²) in [5, 5.41) is 0.576. The summed E-state index contributed by atoms with van der Waals surface area (Å²) in [7, 11) is 0. The average Bonchev–Trinajstić information content (AvgIpc) is 3.25. The molecule has 5 heteroatoms.